The lowest BCUT2D eigenvalue weighted by atomic mass is 9.92. The zero-order valence-corrected chi connectivity index (χ0v) is 28.2. The first-order chi connectivity index (χ1) is 24.0. The molecule has 2 aromatic carbocycles. The number of hydrogen-bond donors (Lipinski definition) is 5. The number of amides is 4. The molecule has 2 aliphatic heterocycles. The van der Waals surface area contributed by atoms with E-state index in [1.807, 2.05) is 37.2 Å². The number of imide groups is 1. The van der Waals surface area contributed by atoms with E-state index in [0.29, 0.717) is 68.0 Å². The Morgan fingerprint density at radius 2 is 1.60 bits per heavy atom. The summed E-state index contributed by atoms with van der Waals surface area (Å²) in [7, 11) is 3.84. The Bertz CT molecular complexity index is 1830. The normalized spacial score (nSPS) is 20.0. The number of carbonyl (C=O) groups is 4. The van der Waals surface area contributed by atoms with Gasteiger partial charge in [-0.25, -0.2) is 4.79 Å². The van der Waals surface area contributed by atoms with E-state index >= 15 is 0 Å². The fraction of sp³-hybridized carbons (Fsp3) is 0.486. The Labute approximate surface area is 288 Å². The first-order valence-corrected chi connectivity index (χ1v) is 16.9. The van der Waals surface area contributed by atoms with Crippen molar-refractivity contribution in [2.75, 3.05) is 38.7 Å². The number of aromatic nitrogens is 2. The maximum atomic E-state index is 13.3. The minimum absolute atomic E-state index is 0.0950. The molecule has 4 amide bonds. The molecule has 0 spiro atoms. The molecule has 1 saturated heterocycles. The Morgan fingerprint density at radius 1 is 0.900 bits per heavy atom. The highest BCUT2D eigenvalue weighted by Gasteiger charge is 2.45. The van der Waals surface area contributed by atoms with Crippen molar-refractivity contribution in [1.29, 1.82) is 0 Å². The molecule has 2 aliphatic rings. The molecule has 50 heavy (non-hydrogen) atoms. The first-order valence-electron chi connectivity index (χ1n) is 16.9. The van der Waals surface area contributed by atoms with Gasteiger partial charge in [-0.3, -0.25) is 38.4 Å². The van der Waals surface area contributed by atoms with Crippen molar-refractivity contribution in [2.45, 2.75) is 75.8 Å². The van der Waals surface area contributed by atoms with Crippen LogP contribution in [0.25, 0.3) is 10.8 Å². The fourth-order valence-electron chi connectivity index (χ4n) is 6.54. The van der Waals surface area contributed by atoms with Gasteiger partial charge in [0.15, 0.2) is 6.23 Å². The number of anilines is 1. The van der Waals surface area contributed by atoms with E-state index in [9.17, 15) is 39.0 Å². The number of nitrogens with zero attached hydrogens (tertiary/aromatic N) is 3. The highest BCUT2D eigenvalue weighted by atomic mass is 16.5. The van der Waals surface area contributed by atoms with Crippen LogP contribution in [0.1, 0.15) is 78.3 Å². The molecule has 3 aromatic rings. The SMILES string of the molecule is CN(C)c1ccc2c3c(cccc13)C(=O)N(CCCCCC(=O)NCCCCCC(=O)N[C@@H]1[C@H](O)[C@@H](CO)O[C@H]1n1ccc(=O)[nH]c1=O)C2=O. The predicted molar refractivity (Wildman–Crippen MR) is 184 cm³/mol. The van der Waals surface area contributed by atoms with Gasteiger partial charge < -0.3 is 30.5 Å². The lowest BCUT2D eigenvalue weighted by molar-refractivity contribution is -0.123. The number of carbonyl (C=O) groups excluding carboxylic acids is 4. The summed E-state index contributed by atoms with van der Waals surface area (Å²) in [5.41, 5.74) is 0.603. The smallest absolute Gasteiger partial charge is 0.330 e. The molecule has 4 atom stereocenters. The topological polar surface area (TPSA) is 203 Å². The average Bonchev–Trinajstić information content (AvgIpc) is 3.39. The molecule has 5 N–H and O–H groups in total. The lowest BCUT2D eigenvalue weighted by Crippen LogP contribution is -2.48. The molecule has 0 unspecified atom stereocenters. The minimum Gasteiger partial charge on any atom is -0.394 e. The van der Waals surface area contributed by atoms with Crippen molar-refractivity contribution in [2.24, 2.45) is 0 Å². The molecule has 268 valence electrons. The van der Waals surface area contributed by atoms with E-state index < -0.39 is 42.3 Å². The monoisotopic (exact) mass is 692 g/mol. The Hall–Kier alpha value is -4.86. The standard InChI is InChI=1S/C35H44N6O9/c1-39(2)24-15-14-23-29-21(24)10-9-11-22(29)32(47)40(33(23)48)18-8-4-6-12-26(43)36-17-7-3-5-13-27(44)37-30-31(46)25(20-42)50-34(30)41-19-16-28(45)38-35(41)49/h9-11,14-16,19,25,30-31,34,42,46H,3-8,12-13,17-18,20H2,1-2H3,(H,36,43)(H,37,44)(H,38,45,49)/t25-,30-,31-,34-/m1/s1. The molecule has 0 bridgehead atoms. The second kappa shape index (κ2) is 16.2. The van der Waals surface area contributed by atoms with Crippen LogP contribution in [0.2, 0.25) is 0 Å². The van der Waals surface area contributed by atoms with Crippen LogP contribution in [0.3, 0.4) is 0 Å². The Kier molecular flexibility index (Phi) is 11.8. The molecule has 1 aromatic heterocycles. The van der Waals surface area contributed by atoms with Gasteiger partial charge in [0.2, 0.25) is 11.8 Å². The lowest BCUT2D eigenvalue weighted by Gasteiger charge is -2.28. The fourth-order valence-corrected chi connectivity index (χ4v) is 6.54. The van der Waals surface area contributed by atoms with Gasteiger partial charge in [0, 0.05) is 79.9 Å². The van der Waals surface area contributed by atoms with Crippen LogP contribution in [-0.2, 0) is 14.3 Å². The number of aromatic amines is 1. The maximum absolute atomic E-state index is 13.3. The number of H-pyrrole nitrogens is 1. The van der Waals surface area contributed by atoms with Crippen molar-refractivity contribution in [3.8, 4) is 0 Å². The Morgan fingerprint density at radius 3 is 2.30 bits per heavy atom. The third kappa shape index (κ3) is 7.95. The van der Waals surface area contributed by atoms with Crippen LogP contribution in [0.15, 0.2) is 52.2 Å². The van der Waals surface area contributed by atoms with Crippen molar-refractivity contribution in [3.05, 3.63) is 74.6 Å². The minimum atomic E-state index is -1.28. The molecule has 0 saturated carbocycles. The highest BCUT2D eigenvalue weighted by Crippen LogP contribution is 2.35. The zero-order chi connectivity index (χ0) is 35.9. The molecule has 15 nitrogen and oxygen atoms in total. The van der Waals surface area contributed by atoms with Crippen LogP contribution in [-0.4, -0.2) is 100 Å². The third-order valence-corrected chi connectivity index (χ3v) is 9.14. The van der Waals surface area contributed by atoms with E-state index in [2.05, 4.69) is 15.6 Å². The summed E-state index contributed by atoms with van der Waals surface area (Å²) in [4.78, 5) is 80.5. The first kappa shape index (κ1) is 36.4. The van der Waals surface area contributed by atoms with Crippen LogP contribution >= 0.6 is 0 Å². The summed E-state index contributed by atoms with van der Waals surface area (Å²) in [6, 6.07) is 9.29. The number of aliphatic hydroxyl groups is 2. The van der Waals surface area contributed by atoms with Gasteiger partial charge in [0.1, 0.15) is 18.2 Å². The Balaban J connectivity index is 0.971. The molecule has 0 radical (unpaired) electrons. The van der Waals surface area contributed by atoms with Crippen LogP contribution in [0, 0.1) is 0 Å². The van der Waals surface area contributed by atoms with E-state index in [-0.39, 0.29) is 36.6 Å². The molecular formula is C35H44N6O9. The van der Waals surface area contributed by atoms with Gasteiger partial charge in [-0.2, -0.15) is 0 Å². The number of unbranched alkanes of at least 4 members (excludes halogenated alkanes) is 4. The van der Waals surface area contributed by atoms with E-state index in [4.69, 9.17) is 4.74 Å². The van der Waals surface area contributed by atoms with Gasteiger partial charge >= 0.3 is 5.69 Å². The summed E-state index contributed by atoms with van der Waals surface area (Å²) in [5.74, 6) is -1.07. The van der Waals surface area contributed by atoms with Crippen molar-refractivity contribution in [3.63, 3.8) is 0 Å². The van der Waals surface area contributed by atoms with Gasteiger partial charge in [-0.1, -0.05) is 25.0 Å². The zero-order valence-electron chi connectivity index (χ0n) is 28.2. The number of aliphatic hydroxyl groups excluding tert-OH is 2. The second-order valence-corrected chi connectivity index (χ2v) is 12.8. The van der Waals surface area contributed by atoms with Gasteiger partial charge in [0.05, 0.1) is 6.61 Å². The number of nitrogens with one attached hydrogen (secondary N) is 3. The van der Waals surface area contributed by atoms with E-state index in [0.717, 1.165) is 21.7 Å². The average molecular weight is 693 g/mol. The number of rotatable bonds is 16. The summed E-state index contributed by atoms with van der Waals surface area (Å²) >= 11 is 0. The third-order valence-electron chi connectivity index (χ3n) is 9.14. The largest absolute Gasteiger partial charge is 0.394 e. The van der Waals surface area contributed by atoms with Gasteiger partial charge in [-0.15, -0.1) is 0 Å². The quantitative estimate of drug-likeness (QED) is 0.107. The van der Waals surface area contributed by atoms with Crippen LogP contribution in [0.4, 0.5) is 5.69 Å². The molecule has 1 fully saturated rings. The summed E-state index contributed by atoms with van der Waals surface area (Å²) in [5, 5.41) is 27.2. The molecule has 0 aliphatic carbocycles. The van der Waals surface area contributed by atoms with Gasteiger partial charge in [0.25, 0.3) is 17.4 Å². The number of ether oxygens (including phenoxy) is 1. The van der Waals surface area contributed by atoms with Gasteiger partial charge in [-0.05, 0) is 43.9 Å². The summed E-state index contributed by atoms with van der Waals surface area (Å²) in [6.07, 6.45) is 1.93. The summed E-state index contributed by atoms with van der Waals surface area (Å²) < 4.78 is 6.63. The van der Waals surface area contributed by atoms with E-state index in [1.165, 1.54) is 11.1 Å². The predicted octanol–water partition coefficient (Wildman–Crippen LogP) is 1.02. The molecule has 15 heteroatoms. The highest BCUT2D eigenvalue weighted by molar-refractivity contribution is 6.26. The molecule has 3 heterocycles. The second-order valence-electron chi connectivity index (χ2n) is 12.8. The van der Waals surface area contributed by atoms with Crippen molar-refractivity contribution in [1.82, 2.24) is 25.1 Å². The van der Waals surface area contributed by atoms with E-state index in [1.54, 1.807) is 12.1 Å². The van der Waals surface area contributed by atoms with Crippen molar-refractivity contribution < 1.29 is 34.1 Å². The number of hydrogen-bond acceptors (Lipinski definition) is 10. The molecular weight excluding hydrogens is 648 g/mol. The maximum Gasteiger partial charge on any atom is 0.330 e. The number of benzene rings is 2. The van der Waals surface area contributed by atoms with Crippen LogP contribution < -0.4 is 26.8 Å². The van der Waals surface area contributed by atoms with Crippen molar-refractivity contribution >= 4 is 40.1 Å². The molecule has 5 rings (SSSR count). The summed E-state index contributed by atoms with van der Waals surface area (Å²) in [6.45, 7) is 0.195. The van der Waals surface area contributed by atoms with Crippen LogP contribution in [0.5, 0.6) is 0 Å².